The van der Waals surface area contributed by atoms with Crippen LogP contribution in [0.25, 0.3) is 0 Å². The van der Waals surface area contributed by atoms with Gasteiger partial charge in [-0.25, -0.2) is 4.98 Å². The summed E-state index contributed by atoms with van der Waals surface area (Å²) in [7, 11) is 0. The summed E-state index contributed by atoms with van der Waals surface area (Å²) in [4.78, 5) is 16.9. The molecule has 0 radical (unpaired) electrons. The Kier molecular flexibility index (Phi) is 5.52. The molecule has 6 nitrogen and oxygen atoms in total. The van der Waals surface area contributed by atoms with Gasteiger partial charge in [0.05, 0.1) is 9.40 Å². The second-order valence-corrected chi connectivity index (χ2v) is 6.55. The zero-order valence-corrected chi connectivity index (χ0v) is 14.0. The normalized spacial score (nSPS) is 16.2. The average Bonchev–Trinajstić information content (AvgIpc) is 2.46. The molecular formula is C14H21BrN4O2. The van der Waals surface area contributed by atoms with E-state index in [-0.39, 0.29) is 5.69 Å². The molecule has 1 aliphatic rings. The Labute approximate surface area is 133 Å². The summed E-state index contributed by atoms with van der Waals surface area (Å²) in [5.41, 5.74) is 0.0104. The number of hydrogen-bond acceptors (Lipinski definition) is 5. The number of nitrogens with one attached hydrogen (secondary N) is 1. The van der Waals surface area contributed by atoms with Crippen molar-refractivity contribution in [2.45, 2.75) is 32.7 Å². The van der Waals surface area contributed by atoms with Crippen LogP contribution < -0.4 is 10.2 Å². The molecule has 1 aromatic heterocycles. The van der Waals surface area contributed by atoms with Gasteiger partial charge in [0.2, 0.25) is 0 Å². The minimum absolute atomic E-state index is 0.0104. The first-order valence-electron chi connectivity index (χ1n) is 7.26. The Morgan fingerprint density at radius 2 is 2.19 bits per heavy atom. The summed E-state index contributed by atoms with van der Waals surface area (Å²) < 4.78 is 0.680. The molecule has 2 rings (SSSR count). The molecule has 116 valence electrons. The molecule has 1 fully saturated rings. The molecule has 0 spiro atoms. The smallest absolute Gasteiger partial charge is 0.288 e. The zero-order valence-electron chi connectivity index (χ0n) is 12.4. The van der Waals surface area contributed by atoms with Gasteiger partial charge in [-0.05, 0) is 61.6 Å². The largest absolute Gasteiger partial charge is 0.353 e. The highest BCUT2D eigenvalue weighted by Crippen LogP contribution is 2.30. The quantitative estimate of drug-likeness (QED) is 0.648. The fourth-order valence-corrected chi connectivity index (χ4v) is 3.18. The van der Waals surface area contributed by atoms with Crippen molar-refractivity contribution in [2.75, 3.05) is 24.5 Å². The van der Waals surface area contributed by atoms with Crippen LogP contribution >= 0.6 is 15.9 Å². The van der Waals surface area contributed by atoms with Gasteiger partial charge >= 0.3 is 0 Å². The highest BCUT2D eigenvalue weighted by atomic mass is 79.9. The van der Waals surface area contributed by atoms with Gasteiger partial charge in [0.15, 0.2) is 0 Å². The minimum Gasteiger partial charge on any atom is -0.353 e. The van der Waals surface area contributed by atoms with E-state index in [0.717, 1.165) is 38.3 Å². The van der Waals surface area contributed by atoms with Crippen LogP contribution in [-0.4, -0.2) is 35.6 Å². The Hall–Kier alpha value is -1.21. The van der Waals surface area contributed by atoms with Gasteiger partial charge < -0.3 is 10.2 Å². The summed E-state index contributed by atoms with van der Waals surface area (Å²) in [6.07, 6.45) is 3.65. The molecule has 0 saturated carbocycles. The third kappa shape index (κ3) is 4.14. The van der Waals surface area contributed by atoms with Gasteiger partial charge in [0.25, 0.3) is 5.69 Å². The van der Waals surface area contributed by atoms with Crippen molar-refractivity contribution in [1.29, 1.82) is 0 Å². The SMILES string of the molecule is CC(C)N(CC1CCNCC1)c1ncc([N+](=O)[O-])cc1Br. The molecule has 0 amide bonds. The molecule has 0 atom stereocenters. The highest BCUT2D eigenvalue weighted by molar-refractivity contribution is 9.10. The Bertz CT molecular complexity index is 504. The number of pyridine rings is 1. The van der Waals surface area contributed by atoms with Crippen molar-refractivity contribution in [3.8, 4) is 0 Å². The Morgan fingerprint density at radius 1 is 1.52 bits per heavy atom. The fourth-order valence-electron chi connectivity index (χ4n) is 2.62. The second kappa shape index (κ2) is 7.17. The monoisotopic (exact) mass is 356 g/mol. The number of aromatic nitrogens is 1. The first kappa shape index (κ1) is 16.2. The first-order chi connectivity index (χ1) is 9.99. The minimum atomic E-state index is -0.423. The number of hydrogen-bond donors (Lipinski definition) is 1. The van der Waals surface area contributed by atoms with Gasteiger partial charge in [-0.15, -0.1) is 0 Å². The lowest BCUT2D eigenvalue weighted by Gasteiger charge is -2.34. The molecule has 0 aliphatic carbocycles. The highest BCUT2D eigenvalue weighted by Gasteiger charge is 2.22. The molecule has 1 aliphatic heterocycles. The van der Waals surface area contributed by atoms with E-state index in [1.165, 1.54) is 12.3 Å². The molecule has 1 aromatic rings. The maximum absolute atomic E-state index is 10.8. The zero-order chi connectivity index (χ0) is 15.4. The van der Waals surface area contributed by atoms with Crippen molar-refractivity contribution in [2.24, 2.45) is 5.92 Å². The first-order valence-corrected chi connectivity index (χ1v) is 8.05. The lowest BCUT2D eigenvalue weighted by molar-refractivity contribution is -0.385. The van der Waals surface area contributed by atoms with Gasteiger partial charge in [-0.1, -0.05) is 0 Å². The van der Waals surface area contributed by atoms with E-state index in [9.17, 15) is 10.1 Å². The molecule has 1 saturated heterocycles. The maximum atomic E-state index is 10.8. The summed E-state index contributed by atoms with van der Waals surface area (Å²) in [6.45, 7) is 7.30. The van der Waals surface area contributed by atoms with E-state index in [0.29, 0.717) is 16.4 Å². The molecule has 7 heteroatoms. The fraction of sp³-hybridized carbons (Fsp3) is 0.643. The third-order valence-corrected chi connectivity index (χ3v) is 4.41. The predicted octanol–water partition coefficient (Wildman–Crippen LogP) is 2.97. The van der Waals surface area contributed by atoms with Crippen molar-refractivity contribution < 1.29 is 4.92 Å². The van der Waals surface area contributed by atoms with E-state index < -0.39 is 4.92 Å². The van der Waals surface area contributed by atoms with Crippen molar-refractivity contribution in [3.05, 3.63) is 26.9 Å². The van der Waals surface area contributed by atoms with Crippen molar-refractivity contribution in [3.63, 3.8) is 0 Å². The van der Waals surface area contributed by atoms with Crippen LogP contribution in [0, 0.1) is 16.0 Å². The van der Waals surface area contributed by atoms with Crippen LogP contribution in [-0.2, 0) is 0 Å². The van der Waals surface area contributed by atoms with Gasteiger partial charge in [-0.2, -0.15) is 0 Å². The topological polar surface area (TPSA) is 71.3 Å². The molecule has 1 N–H and O–H groups in total. The average molecular weight is 357 g/mol. The van der Waals surface area contributed by atoms with Crippen LogP contribution in [0.4, 0.5) is 11.5 Å². The Balaban J connectivity index is 2.19. The second-order valence-electron chi connectivity index (χ2n) is 5.70. The third-order valence-electron chi connectivity index (χ3n) is 3.83. The molecule has 21 heavy (non-hydrogen) atoms. The number of nitrogens with zero attached hydrogens (tertiary/aromatic N) is 3. The maximum Gasteiger partial charge on any atom is 0.288 e. The number of rotatable bonds is 5. The van der Waals surface area contributed by atoms with Crippen molar-refractivity contribution >= 4 is 27.4 Å². The molecule has 2 heterocycles. The van der Waals surface area contributed by atoms with E-state index >= 15 is 0 Å². The van der Waals surface area contributed by atoms with E-state index in [1.54, 1.807) is 0 Å². The lowest BCUT2D eigenvalue weighted by atomic mass is 9.97. The Morgan fingerprint density at radius 3 is 2.71 bits per heavy atom. The summed E-state index contributed by atoms with van der Waals surface area (Å²) in [6, 6.07) is 1.82. The van der Waals surface area contributed by atoms with E-state index in [2.05, 4.69) is 45.0 Å². The number of anilines is 1. The van der Waals surface area contributed by atoms with Crippen LogP contribution in [0.5, 0.6) is 0 Å². The van der Waals surface area contributed by atoms with Crippen LogP contribution in [0.3, 0.4) is 0 Å². The standard InChI is InChI=1S/C14H21BrN4O2/c1-10(2)18(9-11-3-5-16-6-4-11)14-13(15)7-12(8-17-14)19(20)21/h7-8,10-11,16H,3-6,9H2,1-2H3. The van der Waals surface area contributed by atoms with Crippen molar-refractivity contribution in [1.82, 2.24) is 10.3 Å². The molecular weight excluding hydrogens is 336 g/mol. The number of nitro groups is 1. The van der Waals surface area contributed by atoms with Gasteiger partial charge in [-0.3, -0.25) is 10.1 Å². The van der Waals surface area contributed by atoms with E-state index in [1.807, 2.05) is 0 Å². The summed E-state index contributed by atoms with van der Waals surface area (Å²) >= 11 is 3.43. The molecule has 0 bridgehead atoms. The summed E-state index contributed by atoms with van der Waals surface area (Å²) in [5, 5.41) is 14.2. The van der Waals surface area contributed by atoms with E-state index in [4.69, 9.17) is 0 Å². The van der Waals surface area contributed by atoms with Crippen LogP contribution in [0.15, 0.2) is 16.7 Å². The number of piperidine rings is 1. The predicted molar refractivity (Wildman–Crippen MR) is 86.7 cm³/mol. The van der Waals surface area contributed by atoms with Crippen LogP contribution in [0.1, 0.15) is 26.7 Å². The summed E-state index contributed by atoms with van der Waals surface area (Å²) in [5.74, 6) is 1.42. The molecule has 0 unspecified atom stereocenters. The van der Waals surface area contributed by atoms with Gasteiger partial charge in [0.1, 0.15) is 12.0 Å². The number of halogens is 1. The van der Waals surface area contributed by atoms with Crippen LogP contribution in [0.2, 0.25) is 0 Å². The lowest BCUT2D eigenvalue weighted by Crippen LogP contribution is -2.40. The van der Waals surface area contributed by atoms with Gasteiger partial charge in [0, 0.05) is 18.7 Å². The molecule has 0 aromatic carbocycles.